The van der Waals surface area contributed by atoms with Gasteiger partial charge in [0, 0.05) is 32.0 Å². The number of benzene rings is 1. The molecule has 3 aliphatic heterocycles. The van der Waals surface area contributed by atoms with E-state index in [-0.39, 0.29) is 23.9 Å². The summed E-state index contributed by atoms with van der Waals surface area (Å²) in [4.78, 5) is 30.2. The molecule has 3 aliphatic rings. The van der Waals surface area contributed by atoms with Crippen LogP contribution < -0.4 is 0 Å². The summed E-state index contributed by atoms with van der Waals surface area (Å²) in [6, 6.07) is 10.8. The van der Waals surface area contributed by atoms with E-state index in [2.05, 4.69) is 0 Å². The third-order valence-electron chi connectivity index (χ3n) is 6.41. The Bertz CT molecular complexity index is 898. The Hall–Kier alpha value is -2.64. The molecule has 2 fully saturated rings. The fourth-order valence-electron chi connectivity index (χ4n) is 4.75. The Morgan fingerprint density at radius 3 is 2.37 bits per heavy atom. The number of amides is 2. The largest absolute Gasteiger partial charge is 0.459 e. The second kappa shape index (κ2) is 8.24. The van der Waals surface area contributed by atoms with Crippen molar-refractivity contribution in [2.75, 3.05) is 26.3 Å². The lowest BCUT2D eigenvalue weighted by molar-refractivity contribution is -0.142. The zero-order valence-corrected chi connectivity index (χ0v) is 16.9. The van der Waals surface area contributed by atoms with E-state index in [0.29, 0.717) is 45.2 Å². The Morgan fingerprint density at radius 1 is 0.933 bits per heavy atom. The summed E-state index contributed by atoms with van der Waals surface area (Å²) in [6.45, 7) is 3.03. The van der Waals surface area contributed by atoms with Gasteiger partial charge in [-0.3, -0.25) is 9.59 Å². The first-order valence-corrected chi connectivity index (χ1v) is 10.6. The molecule has 2 aromatic rings. The van der Waals surface area contributed by atoms with E-state index in [1.54, 1.807) is 17.0 Å². The van der Waals surface area contributed by atoms with Crippen LogP contribution in [-0.4, -0.2) is 60.2 Å². The van der Waals surface area contributed by atoms with Crippen molar-refractivity contribution in [3.05, 3.63) is 59.5 Å². The van der Waals surface area contributed by atoms with Crippen LogP contribution >= 0.6 is 0 Å². The molecule has 0 spiro atoms. The molecule has 1 aromatic carbocycles. The maximum absolute atomic E-state index is 13.5. The van der Waals surface area contributed by atoms with E-state index >= 15 is 0 Å². The molecule has 30 heavy (non-hydrogen) atoms. The van der Waals surface area contributed by atoms with E-state index in [4.69, 9.17) is 13.9 Å². The van der Waals surface area contributed by atoms with Gasteiger partial charge in [0.1, 0.15) is 6.04 Å². The second-order valence-corrected chi connectivity index (χ2v) is 8.17. The molecule has 158 valence electrons. The van der Waals surface area contributed by atoms with Crippen molar-refractivity contribution in [1.29, 1.82) is 0 Å². The maximum atomic E-state index is 13.5. The molecule has 0 saturated carbocycles. The Kier molecular flexibility index (Phi) is 5.31. The van der Waals surface area contributed by atoms with Crippen LogP contribution in [0.2, 0.25) is 0 Å². The summed E-state index contributed by atoms with van der Waals surface area (Å²) >= 11 is 0. The highest BCUT2D eigenvalue weighted by molar-refractivity contribution is 5.96. The van der Waals surface area contributed by atoms with Crippen molar-refractivity contribution in [2.24, 2.45) is 5.92 Å². The van der Waals surface area contributed by atoms with Crippen LogP contribution in [0, 0.1) is 5.92 Å². The van der Waals surface area contributed by atoms with Crippen LogP contribution in [-0.2, 0) is 27.2 Å². The molecule has 5 rings (SSSR count). The van der Waals surface area contributed by atoms with Gasteiger partial charge in [-0.2, -0.15) is 0 Å². The second-order valence-electron chi connectivity index (χ2n) is 8.17. The maximum Gasteiger partial charge on any atom is 0.290 e. The smallest absolute Gasteiger partial charge is 0.290 e. The standard InChI is InChI=1S/C23H26N2O5/c26-21(24-9-7-16(8-10-24)23-29-12-13-30-23)19-14-17-4-1-2-5-18(17)15-25(19)22(27)20-6-3-11-28-20/h1-6,11,16,19,23H,7-10,12-15H2. The van der Waals surface area contributed by atoms with Gasteiger partial charge >= 0.3 is 0 Å². The molecule has 0 N–H and O–H groups in total. The van der Waals surface area contributed by atoms with Gasteiger partial charge in [-0.25, -0.2) is 0 Å². The van der Waals surface area contributed by atoms with Crippen molar-refractivity contribution < 1.29 is 23.5 Å². The van der Waals surface area contributed by atoms with Crippen LogP contribution in [0.3, 0.4) is 0 Å². The van der Waals surface area contributed by atoms with Gasteiger partial charge in [0.15, 0.2) is 12.1 Å². The van der Waals surface area contributed by atoms with Gasteiger partial charge in [0.05, 0.1) is 19.5 Å². The van der Waals surface area contributed by atoms with E-state index < -0.39 is 6.04 Å². The first-order chi connectivity index (χ1) is 14.7. The number of carbonyl (C=O) groups excluding carboxylic acids is 2. The van der Waals surface area contributed by atoms with Crippen molar-refractivity contribution in [3.8, 4) is 0 Å². The summed E-state index contributed by atoms with van der Waals surface area (Å²) in [6.07, 6.45) is 3.58. The van der Waals surface area contributed by atoms with Crippen LogP contribution in [0.1, 0.15) is 34.5 Å². The molecule has 1 unspecified atom stereocenters. The lowest BCUT2D eigenvalue weighted by Crippen LogP contribution is -2.55. The SMILES string of the molecule is O=C(C1Cc2ccccc2CN1C(=O)c1ccco1)N1CCC(C2OCCO2)CC1. The molecule has 1 aromatic heterocycles. The molecular formula is C23H26N2O5. The summed E-state index contributed by atoms with van der Waals surface area (Å²) < 4.78 is 16.6. The highest BCUT2D eigenvalue weighted by atomic mass is 16.7. The summed E-state index contributed by atoms with van der Waals surface area (Å²) in [5.41, 5.74) is 2.21. The number of hydrogen-bond donors (Lipinski definition) is 0. The minimum atomic E-state index is -0.520. The number of nitrogens with zero attached hydrogens (tertiary/aromatic N) is 2. The van der Waals surface area contributed by atoms with Crippen molar-refractivity contribution in [2.45, 2.75) is 38.1 Å². The summed E-state index contributed by atoms with van der Waals surface area (Å²) in [5.74, 6) is 0.359. The highest BCUT2D eigenvalue weighted by Crippen LogP contribution is 2.29. The normalized spacial score (nSPS) is 22.9. The zero-order chi connectivity index (χ0) is 20.5. The quantitative estimate of drug-likeness (QED) is 0.777. The van der Waals surface area contributed by atoms with E-state index in [0.717, 1.165) is 24.0 Å². The first kappa shape index (κ1) is 19.3. The molecule has 4 heterocycles. The number of rotatable bonds is 3. The highest BCUT2D eigenvalue weighted by Gasteiger charge is 2.40. The fourth-order valence-corrected chi connectivity index (χ4v) is 4.75. The van der Waals surface area contributed by atoms with Gasteiger partial charge < -0.3 is 23.7 Å². The molecule has 1 atom stereocenters. The lowest BCUT2D eigenvalue weighted by Gasteiger charge is -2.40. The topological polar surface area (TPSA) is 72.2 Å². The van der Waals surface area contributed by atoms with Gasteiger partial charge in [-0.15, -0.1) is 0 Å². The number of likely N-dealkylation sites (tertiary alicyclic amines) is 1. The molecule has 0 bridgehead atoms. The predicted octanol–water partition coefficient (Wildman–Crippen LogP) is 2.46. The van der Waals surface area contributed by atoms with E-state index in [1.165, 1.54) is 6.26 Å². The molecule has 2 amide bonds. The molecular weight excluding hydrogens is 384 g/mol. The Balaban J connectivity index is 1.34. The third-order valence-corrected chi connectivity index (χ3v) is 6.41. The van der Waals surface area contributed by atoms with Crippen molar-refractivity contribution >= 4 is 11.8 Å². The van der Waals surface area contributed by atoms with Crippen LogP contribution in [0.5, 0.6) is 0 Å². The van der Waals surface area contributed by atoms with Gasteiger partial charge in [-0.1, -0.05) is 24.3 Å². The average molecular weight is 410 g/mol. The number of furan rings is 1. The molecule has 7 heteroatoms. The zero-order valence-electron chi connectivity index (χ0n) is 16.9. The van der Waals surface area contributed by atoms with Gasteiger partial charge in [0.2, 0.25) is 5.91 Å². The van der Waals surface area contributed by atoms with Crippen LogP contribution in [0.4, 0.5) is 0 Å². The molecule has 0 aliphatic carbocycles. The number of carbonyl (C=O) groups is 2. The van der Waals surface area contributed by atoms with Crippen molar-refractivity contribution in [1.82, 2.24) is 9.80 Å². The summed E-state index contributed by atoms with van der Waals surface area (Å²) in [5, 5.41) is 0. The summed E-state index contributed by atoms with van der Waals surface area (Å²) in [7, 11) is 0. The minimum absolute atomic E-state index is 0.0103. The number of fused-ring (bicyclic) bond motifs is 1. The average Bonchev–Trinajstić information content (AvgIpc) is 3.52. The minimum Gasteiger partial charge on any atom is -0.459 e. The molecule has 0 radical (unpaired) electrons. The first-order valence-electron chi connectivity index (χ1n) is 10.6. The number of hydrogen-bond acceptors (Lipinski definition) is 5. The Labute approximate surface area is 175 Å². The lowest BCUT2D eigenvalue weighted by atomic mass is 9.91. The van der Waals surface area contributed by atoms with Crippen LogP contribution in [0.15, 0.2) is 47.1 Å². The van der Waals surface area contributed by atoms with Gasteiger partial charge in [0.25, 0.3) is 5.91 Å². The number of piperidine rings is 1. The van der Waals surface area contributed by atoms with Crippen molar-refractivity contribution in [3.63, 3.8) is 0 Å². The monoisotopic (exact) mass is 410 g/mol. The molecule has 2 saturated heterocycles. The predicted molar refractivity (Wildman–Crippen MR) is 108 cm³/mol. The molecule has 7 nitrogen and oxygen atoms in total. The van der Waals surface area contributed by atoms with E-state index in [1.807, 2.05) is 29.2 Å². The van der Waals surface area contributed by atoms with E-state index in [9.17, 15) is 9.59 Å². The fraction of sp³-hybridized carbons (Fsp3) is 0.478. The number of ether oxygens (including phenoxy) is 2. The van der Waals surface area contributed by atoms with Gasteiger partial charge in [-0.05, 0) is 36.1 Å². The third kappa shape index (κ3) is 3.63. The Morgan fingerprint density at radius 2 is 1.67 bits per heavy atom. The van der Waals surface area contributed by atoms with Crippen LogP contribution in [0.25, 0.3) is 0 Å².